The molecule has 2 aromatic heterocycles. The van der Waals surface area contributed by atoms with Crippen LogP contribution < -0.4 is 5.32 Å². The van der Waals surface area contributed by atoms with E-state index in [1.54, 1.807) is 0 Å². The van der Waals surface area contributed by atoms with Crippen molar-refractivity contribution in [3.05, 3.63) is 46.1 Å². The molecule has 0 aromatic carbocycles. The first-order valence-electron chi connectivity index (χ1n) is 5.17. The summed E-state index contributed by atoms with van der Waals surface area (Å²) < 4.78 is 0. The van der Waals surface area contributed by atoms with Crippen molar-refractivity contribution < 1.29 is 14.7 Å². The lowest BCUT2D eigenvalue weighted by molar-refractivity contribution is 0.0691. The van der Waals surface area contributed by atoms with Gasteiger partial charge in [0.05, 0.1) is 5.56 Å². The normalized spacial score (nSPS) is 10.1. The van der Waals surface area contributed by atoms with Crippen LogP contribution in [0.25, 0.3) is 0 Å². The van der Waals surface area contributed by atoms with Crippen LogP contribution in [0, 0.1) is 0 Å². The number of nitrogens with zero attached hydrogens (tertiary/aromatic N) is 3. The quantitative estimate of drug-likeness (QED) is 0.664. The largest absolute Gasteiger partial charge is 0.478 e. The second-order valence-corrected chi connectivity index (χ2v) is 4.23. The summed E-state index contributed by atoms with van der Waals surface area (Å²) in [7, 11) is 0. The van der Waals surface area contributed by atoms with Crippen LogP contribution >= 0.6 is 23.2 Å². The van der Waals surface area contributed by atoms with Crippen molar-refractivity contribution in [1.82, 2.24) is 15.0 Å². The highest BCUT2D eigenvalue weighted by Crippen LogP contribution is 2.15. The van der Waals surface area contributed by atoms with Crippen molar-refractivity contribution in [3.8, 4) is 0 Å². The molecule has 20 heavy (non-hydrogen) atoms. The fraction of sp³-hybridized carbons (Fsp3) is 0. The molecule has 0 aliphatic rings. The van der Waals surface area contributed by atoms with E-state index >= 15 is 0 Å². The van der Waals surface area contributed by atoms with Gasteiger partial charge in [-0.05, 0) is 23.7 Å². The summed E-state index contributed by atoms with van der Waals surface area (Å²) in [6.45, 7) is 0. The molecule has 1 amide bonds. The number of carboxylic acid groups (broad SMARTS) is 1. The van der Waals surface area contributed by atoms with Gasteiger partial charge in [0.25, 0.3) is 5.91 Å². The third-order valence-electron chi connectivity index (χ3n) is 2.16. The molecular weight excluding hydrogens is 307 g/mol. The van der Waals surface area contributed by atoms with E-state index in [0.29, 0.717) is 0 Å². The van der Waals surface area contributed by atoms with Crippen LogP contribution in [0.4, 0.5) is 5.82 Å². The molecule has 0 radical (unpaired) electrons. The van der Waals surface area contributed by atoms with Gasteiger partial charge in [0, 0.05) is 12.3 Å². The van der Waals surface area contributed by atoms with Crippen molar-refractivity contribution >= 4 is 40.9 Å². The summed E-state index contributed by atoms with van der Waals surface area (Å²) in [5, 5.41) is 11.2. The number of aromatic carboxylic acids is 1. The number of carbonyl (C=O) groups excluding carboxylic acids is 1. The number of pyridine rings is 1. The monoisotopic (exact) mass is 312 g/mol. The Morgan fingerprint density at radius 3 is 2.65 bits per heavy atom. The number of hydrogen-bond acceptors (Lipinski definition) is 5. The Kier molecular flexibility index (Phi) is 4.11. The number of carbonyl (C=O) groups is 2. The second-order valence-electron chi connectivity index (χ2n) is 3.50. The molecule has 0 bridgehead atoms. The first-order chi connectivity index (χ1) is 9.47. The number of anilines is 1. The third kappa shape index (κ3) is 3.19. The standard InChI is InChI=1S/C11H6Cl2N4O3/c12-6-4-7(17-11(13)15-6)16-9(18)8-5(10(19)20)2-1-3-14-8/h1-4H,(H,19,20)(H,15,16,17,18). The Bertz CT molecular complexity index is 673. The number of nitrogens with one attached hydrogen (secondary N) is 1. The van der Waals surface area contributed by atoms with E-state index in [2.05, 4.69) is 20.3 Å². The molecule has 0 unspecified atom stereocenters. The maximum atomic E-state index is 12.0. The lowest BCUT2D eigenvalue weighted by Crippen LogP contribution is -2.18. The number of amides is 1. The van der Waals surface area contributed by atoms with Crippen molar-refractivity contribution in [1.29, 1.82) is 0 Å². The maximum Gasteiger partial charge on any atom is 0.338 e. The van der Waals surface area contributed by atoms with Crippen LogP contribution in [0.2, 0.25) is 10.4 Å². The zero-order valence-electron chi connectivity index (χ0n) is 9.67. The van der Waals surface area contributed by atoms with E-state index in [-0.39, 0.29) is 27.5 Å². The highest BCUT2D eigenvalue weighted by Gasteiger charge is 2.18. The predicted octanol–water partition coefficient (Wildman–Crippen LogP) is 2.13. The summed E-state index contributed by atoms with van der Waals surface area (Å²) in [6, 6.07) is 3.96. The molecule has 2 N–H and O–H groups in total. The molecule has 9 heteroatoms. The molecule has 0 saturated carbocycles. The first-order valence-corrected chi connectivity index (χ1v) is 5.92. The Morgan fingerprint density at radius 2 is 2.00 bits per heavy atom. The molecule has 0 atom stereocenters. The first kappa shape index (κ1) is 14.2. The SMILES string of the molecule is O=C(O)c1cccnc1C(=O)Nc1cc(Cl)nc(Cl)n1. The molecular formula is C11H6Cl2N4O3. The van der Waals surface area contributed by atoms with E-state index in [1.165, 1.54) is 24.4 Å². The number of hydrogen-bond donors (Lipinski definition) is 2. The summed E-state index contributed by atoms with van der Waals surface area (Å²) in [6.07, 6.45) is 1.31. The lowest BCUT2D eigenvalue weighted by atomic mass is 10.2. The van der Waals surface area contributed by atoms with Crippen LogP contribution in [-0.4, -0.2) is 31.9 Å². The molecule has 0 spiro atoms. The van der Waals surface area contributed by atoms with E-state index in [0.717, 1.165) is 0 Å². The zero-order chi connectivity index (χ0) is 14.7. The van der Waals surface area contributed by atoms with Gasteiger partial charge in [0.15, 0.2) is 0 Å². The average molecular weight is 313 g/mol. The van der Waals surface area contributed by atoms with Crippen molar-refractivity contribution in [2.75, 3.05) is 5.32 Å². The van der Waals surface area contributed by atoms with Crippen LogP contribution in [0.5, 0.6) is 0 Å². The summed E-state index contributed by atoms with van der Waals surface area (Å²) in [5.41, 5.74) is -0.470. The summed E-state index contributed by atoms with van der Waals surface area (Å²) in [4.78, 5) is 34.1. The van der Waals surface area contributed by atoms with Crippen LogP contribution in [0.1, 0.15) is 20.8 Å². The fourth-order valence-electron chi connectivity index (χ4n) is 1.39. The molecule has 0 saturated heterocycles. The van der Waals surface area contributed by atoms with Gasteiger partial charge < -0.3 is 10.4 Å². The smallest absolute Gasteiger partial charge is 0.338 e. The minimum atomic E-state index is -1.26. The number of halogens is 2. The van der Waals surface area contributed by atoms with Crippen molar-refractivity contribution in [2.24, 2.45) is 0 Å². The molecule has 0 fully saturated rings. The van der Waals surface area contributed by atoms with E-state index in [4.69, 9.17) is 28.3 Å². The van der Waals surface area contributed by atoms with Gasteiger partial charge in [-0.1, -0.05) is 11.6 Å². The molecule has 0 aliphatic carbocycles. The Labute approximate surface area is 122 Å². The average Bonchev–Trinajstić information content (AvgIpc) is 2.37. The third-order valence-corrected chi connectivity index (χ3v) is 2.53. The van der Waals surface area contributed by atoms with E-state index < -0.39 is 11.9 Å². The molecule has 102 valence electrons. The van der Waals surface area contributed by atoms with Crippen molar-refractivity contribution in [2.45, 2.75) is 0 Å². The number of carboxylic acids is 1. The minimum Gasteiger partial charge on any atom is -0.478 e. The molecule has 7 nitrogen and oxygen atoms in total. The molecule has 2 aromatic rings. The Hall–Kier alpha value is -2.25. The van der Waals surface area contributed by atoms with Crippen LogP contribution in [0.3, 0.4) is 0 Å². The van der Waals surface area contributed by atoms with E-state index in [1.807, 2.05) is 0 Å². The topological polar surface area (TPSA) is 105 Å². The number of rotatable bonds is 3. The second kappa shape index (κ2) is 5.81. The van der Waals surface area contributed by atoms with Gasteiger partial charge in [-0.2, -0.15) is 0 Å². The molecule has 2 heterocycles. The number of aromatic nitrogens is 3. The van der Waals surface area contributed by atoms with E-state index in [9.17, 15) is 9.59 Å². The lowest BCUT2D eigenvalue weighted by Gasteiger charge is -2.06. The van der Waals surface area contributed by atoms with Crippen LogP contribution in [0.15, 0.2) is 24.4 Å². The Morgan fingerprint density at radius 1 is 1.25 bits per heavy atom. The minimum absolute atomic E-state index is 0.0415. The maximum absolute atomic E-state index is 12.0. The Balaban J connectivity index is 2.31. The van der Waals surface area contributed by atoms with Gasteiger partial charge >= 0.3 is 5.97 Å². The van der Waals surface area contributed by atoms with Gasteiger partial charge in [0.1, 0.15) is 16.7 Å². The van der Waals surface area contributed by atoms with Crippen molar-refractivity contribution in [3.63, 3.8) is 0 Å². The van der Waals surface area contributed by atoms with Gasteiger partial charge in [0.2, 0.25) is 5.28 Å². The van der Waals surface area contributed by atoms with Gasteiger partial charge in [-0.3, -0.25) is 9.78 Å². The fourth-order valence-corrected chi connectivity index (χ4v) is 1.80. The predicted molar refractivity (Wildman–Crippen MR) is 71.2 cm³/mol. The van der Waals surface area contributed by atoms with Gasteiger partial charge in [-0.25, -0.2) is 14.8 Å². The summed E-state index contributed by atoms with van der Waals surface area (Å²) in [5.74, 6) is -1.96. The zero-order valence-corrected chi connectivity index (χ0v) is 11.2. The van der Waals surface area contributed by atoms with Crippen LogP contribution in [-0.2, 0) is 0 Å². The van der Waals surface area contributed by atoms with Gasteiger partial charge in [-0.15, -0.1) is 0 Å². The highest BCUT2D eigenvalue weighted by molar-refractivity contribution is 6.32. The molecule has 2 rings (SSSR count). The molecule has 0 aliphatic heterocycles. The summed E-state index contributed by atoms with van der Waals surface area (Å²) >= 11 is 11.3. The highest BCUT2D eigenvalue weighted by atomic mass is 35.5.